The smallest absolute Gasteiger partial charge is 0.262 e. The summed E-state index contributed by atoms with van der Waals surface area (Å²) in [6, 6.07) is 18.0. The topological polar surface area (TPSA) is 38.3 Å². The molecule has 3 rings (SSSR count). The lowest BCUT2D eigenvalue weighted by Crippen LogP contribution is -2.20. The van der Waals surface area contributed by atoms with Crippen molar-refractivity contribution in [2.24, 2.45) is 0 Å². The third kappa shape index (κ3) is 4.25. The van der Waals surface area contributed by atoms with Crippen LogP contribution in [-0.2, 0) is 4.79 Å². The molecule has 0 atom stereocenters. The lowest BCUT2D eigenvalue weighted by Gasteiger charge is -2.15. The largest absolute Gasteiger partial charge is 0.483 e. The average molecular weight is 412 g/mol. The van der Waals surface area contributed by atoms with Gasteiger partial charge >= 0.3 is 0 Å². The van der Waals surface area contributed by atoms with Crippen molar-refractivity contribution in [1.82, 2.24) is 0 Å². The first-order valence-corrected chi connectivity index (χ1v) is 9.45. The fourth-order valence-corrected chi connectivity index (χ4v) is 3.42. The SMILES string of the molecule is Cc1ccc(C(C)C)c(OCC(=O)Nc2ccc3c(Br)cccc3c2)c1. The number of rotatable bonds is 5. The number of aryl methyl sites for hydroxylation is 1. The summed E-state index contributed by atoms with van der Waals surface area (Å²) in [5.41, 5.74) is 2.99. The highest BCUT2D eigenvalue weighted by Gasteiger charge is 2.11. The molecule has 0 aliphatic heterocycles. The van der Waals surface area contributed by atoms with Crippen molar-refractivity contribution in [2.75, 3.05) is 11.9 Å². The minimum absolute atomic E-state index is 0.0142. The average Bonchev–Trinajstić information content (AvgIpc) is 2.60. The van der Waals surface area contributed by atoms with Crippen LogP contribution in [0.1, 0.15) is 30.9 Å². The van der Waals surface area contributed by atoms with Gasteiger partial charge in [-0.2, -0.15) is 0 Å². The van der Waals surface area contributed by atoms with Gasteiger partial charge in [0.1, 0.15) is 5.75 Å². The molecule has 0 bridgehead atoms. The van der Waals surface area contributed by atoms with Gasteiger partial charge in [0, 0.05) is 10.2 Å². The quantitative estimate of drug-likeness (QED) is 0.554. The maximum absolute atomic E-state index is 12.3. The van der Waals surface area contributed by atoms with Crippen molar-refractivity contribution >= 4 is 38.3 Å². The van der Waals surface area contributed by atoms with E-state index in [-0.39, 0.29) is 12.5 Å². The summed E-state index contributed by atoms with van der Waals surface area (Å²) in [5.74, 6) is 0.945. The molecule has 134 valence electrons. The number of benzene rings is 3. The van der Waals surface area contributed by atoms with Gasteiger partial charge in [0.15, 0.2) is 6.61 Å². The van der Waals surface area contributed by atoms with Gasteiger partial charge in [0.05, 0.1) is 0 Å². The van der Waals surface area contributed by atoms with Crippen LogP contribution >= 0.6 is 15.9 Å². The number of ether oxygens (including phenoxy) is 1. The maximum Gasteiger partial charge on any atom is 0.262 e. The number of halogens is 1. The number of anilines is 1. The second kappa shape index (κ2) is 7.92. The first kappa shape index (κ1) is 18.5. The summed E-state index contributed by atoms with van der Waals surface area (Å²) >= 11 is 3.54. The van der Waals surface area contributed by atoms with E-state index in [9.17, 15) is 4.79 Å². The third-order valence-electron chi connectivity index (χ3n) is 4.26. The second-order valence-corrected chi connectivity index (χ2v) is 7.56. The van der Waals surface area contributed by atoms with Gasteiger partial charge < -0.3 is 10.1 Å². The number of amides is 1. The van der Waals surface area contributed by atoms with Crippen molar-refractivity contribution in [3.05, 3.63) is 70.2 Å². The lowest BCUT2D eigenvalue weighted by molar-refractivity contribution is -0.118. The molecule has 0 heterocycles. The molecule has 0 aliphatic carbocycles. The molecular weight excluding hydrogens is 390 g/mol. The molecule has 0 aliphatic rings. The molecule has 3 nitrogen and oxygen atoms in total. The van der Waals surface area contributed by atoms with Gasteiger partial charge in [0.25, 0.3) is 5.91 Å². The standard InChI is InChI=1S/C22H22BrNO2/c1-14(2)18-9-7-15(3)11-21(18)26-13-22(25)24-17-8-10-19-16(12-17)5-4-6-20(19)23/h4-12,14H,13H2,1-3H3,(H,24,25). The number of fused-ring (bicyclic) bond motifs is 1. The molecule has 26 heavy (non-hydrogen) atoms. The summed E-state index contributed by atoms with van der Waals surface area (Å²) in [6.07, 6.45) is 0. The fourth-order valence-electron chi connectivity index (χ4n) is 2.91. The van der Waals surface area contributed by atoms with E-state index in [1.165, 1.54) is 0 Å². The van der Waals surface area contributed by atoms with Gasteiger partial charge in [-0.25, -0.2) is 0 Å². The van der Waals surface area contributed by atoms with Crippen molar-refractivity contribution in [1.29, 1.82) is 0 Å². The Hall–Kier alpha value is -2.33. The van der Waals surface area contributed by atoms with Gasteiger partial charge in [-0.15, -0.1) is 0 Å². The van der Waals surface area contributed by atoms with E-state index in [1.54, 1.807) is 0 Å². The molecule has 1 amide bonds. The number of hydrogen-bond acceptors (Lipinski definition) is 2. The van der Waals surface area contributed by atoms with E-state index in [0.29, 0.717) is 5.92 Å². The zero-order valence-electron chi connectivity index (χ0n) is 15.2. The monoisotopic (exact) mass is 411 g/mol. The molecule has 1 N–H and O–H groups in total. The predicted molar refractivity (Wildman–Crippen MR) is 111 cm³/mol. The van der Waals surface area contributed by atoms with Crippen LogP contribution in [-0.4, -0.2) is 12.5 Å². The molecule has 0 aromatic heterocycles. The highest BCUT2D eigenvalue weighted by molar-refractivity contribution is 9.10. The van der Waals surface area contributed by atoms with E-state index in [2.05, 4.69) is 47.2 Å². The highest BCUT2D eigenvalue weighted by Crippen LogP contribution is 2.28. The van der Waals surface area contributed by atoms with Crippen molar-refractivity contribution in [3.8, 4) is 5.75 Å². The first-order valence-electron chi connectivity index (χ1n) is 8.65. The van der Waals surface area contributed by atoms with Crippen molar-refractivity contribution in [3.63, 3.8) is 0 Å². The van der Waals surface area contributed by atoms with Gasteiger partial charge in [-0.1, -0.05) is 60.1 Å². The molecule has 0 unspecified atom stereocenters. The summed E-state index contributed by atoms with van der Waals surface area (Å²) in [5, 5.41) is 5.09. The minimum Gasteiger partial charge on any atom is -0.483 e. The predicted octanol–water partition coefficient (Wildman–Crippen LogP) is 6.05. The number of nitrogens with one attached hydrogen (secondary N) is 1. The highest BCUT2D eigenvalue weighted by atomic mass is 79.9. The molecular formula is C22H22BrNO2. The molecule has 0 saturated heterocycles. The summed E-state index contributed by atoms with van der Waals surface area (Å²) in [7, 11) is 0. The van der Waals surface area contributed by atoms with Crippen LogP contribution in [0, 0.1) is 6.92 Å². The molecule has 3 aromatic rings. The second-order valence-electron chi connectivity index (χ2n) is 6.71. The van der Waals surface area contributed by atoms with Crippen LogP contribution in [0.3, 0.4) is 0 Å². The van der Waals surface area contributed by atoms with Gasteiger partial charge in [-0.05, 0) is 59.0 Å². The Bertz CT molecular complexity index is 950. The van der Waals surface area contributed by atoms with Crippen molar-refractivity contribution in [2.45, 2.75) is 26.7 Å². The molecule has 0 saturated carbocycles. The van der Waals surface area contributed by atoms with Gasteiger partial charge in [-0.3, -0.25) is 4.79 Å². The Balaban J connectivity index is 1.69. The summed E-state index contributed by atoms with van der Waals surface area (Å²) < 4.78 is 6.84. The van der Waals surface area contributed by atoms with Crippen molar-refractivity contribution < 1.29 is 9.53 Å². The zero-order valence-corrected chi connectivity index (χ0v) is 16.8. The van der Waals surface area contributed by atoms with Crippen LogP contribution in [0.15, 0.2) is 59.1 Å². The Morgan fingerprint density at radius 2 is 1.92 bits per heavy atom. The van der Waals surface area contributed by atoms with E-state index < -0.39 is 0 Å². The van der Waals surface area contributed by atoms with Crippen LogP contribution in [0.5, 0.6) is 5.75 Å². The molecule has 0 fully saturated rings. The van der Waals surface area contributed by atoms with E-state index >= 15 is 0 Å². The molecule has 3 aromatic carbocycles. The fraction of sp³-hybridized carbons (Fsp3) is 0.227. The Morgan fingerprint density at radius 1 is 1.12 bits per heavy atom. The first-order chi connectivity index (χ1) is 12.4. The third-order valence-corrected chi connectivity index (χ3v) is 4.95. The normalized spacial score (nSPS) is 11.0. The molecule has 4 heteroatoms. The number of hydrogen-bond donors (Lipinski definition) is 1. The van der Waals surface area contributed by atoms with E-state index in [1.807, 2.05) is 49.4 Å². The lowest BCUT2D eigenvalue weighted by atomic mass is 10.0. The molecule has 0 radical (unpaired) electrons. The summed E-state index contributed by atoms with van der Waals surface area (Å²) in [6.45, 7) is 6.24. The molecule has 0 spiro atoms. The Morgan fingerprint density at radius 3 is 2.69 bits per heavy atom. The number of carbonyl (C=O) groups excluding carboxylic acids is 1. The van der Waals surface area contributed by atoms with Crippen LogP contribution < -0.4 is 10.1 Å². The van der Waals surface area contributed by atoms with Crippen LogP contribution in [0.4, 0.5) is 5.69 Å². The van der Waals surface area contributed by atoms with E-state index in [0.717, 1.165) is 37.8 Å². The Kier molecular flexibility index (Phi) is 5.62. The van der Waals surface area contributed by atoms with Crippen LogP contribution in [0.25, 0.3) is 10.8 Å². The zero-order chi connectivity index (χ0) is 18.7. The Labute approximate surface area is 162 Å². The van der Waals surface area contributed by atoms with Crippen LogP contribution in [0.2, 0.25) is 0 Å². The van der Waals surface area contributed by atoms with E-state index in [4.69, 9.17) is 4.74 Å². The van der Waals surface area contributed by atoms with Gasteiger partial charge in [0.2, 0.25) is 0 Å². The maximum atomic E-state index is 12.3. The minimum atomic E-state index is -0.171. The summed E-state index contributed by atoms with van der Waals surface area (Å²) in [4.78, 5) is 12.3. The number of carbonyl (C=O) groups is 1.